The van der Waals surface area contributed by atoms with Crippen LogP contribution in [0.25, 0.3) is 11.1 Å². The molecule has 258 valence electrons. The molecule has 2 heterocycles. The van der Waals surface area contributed by atoms with Crippen molar-refractivity contribution in [2.45, 2.75) is 82.2 Å². The van der Waals surface area contributed by atoms with Crippen LogP contribution in [-0.4, -0.2) is 64.1 Å². The van der Waals surface area contributed by atoms with Gasteiger partial charge in [-0.2, -0.15) is 0 Å². The Morgan fingerprint density at radius 3 is 1.37 bits per heavy atom. The Balaban J connectivity index is 1.10. The van der Waals surface area contributed by atoms with E-state index >= 15 is 0 Å². The van der Waals surface area contributed by atoms with E-state index in [1.165, 1.54) is 33.4 Å². The smallest absolute Gasteiger partial charge is 0.119 e. The monoisotopic (exact) mass is 662 g/mol. The van der Waals surface area contributed by atoms with Crippen molar-refractivity contribution in [2.75, 3.05) is 39.6 Å². The van der Waals surface area contributed by atoms with Crippen molar-refractivity contribution in [3.05, 3.63) is 119 Å². The highest BCUT2D eigenvalue weighted by Gasteiger charge is 2.45. The van der Waals surface area contributed by atoms with Crippen LogP contribution in [0.4, 0.5) is 0 Å². The molecule has 0 amide bonds. The Kier molecular flexibility index (Phi) is 11.0. The summed E-state index contributed by atoms with van der Waals surface area (Å²) in [7, 11) is 0. The quantitative estimate of drug-likeness (QED) is 0.0777. The maximum absolute atomic E-state index is 6.27. The van der Waals surface area contributed by atoms with Crippen LogP contribution in [0.5, 0.6) is 11.5 Å². The molecule has 4 unspecified atom stereocenters. The standard InChI is InChI=1S/C43H50O6/c1-3-9-33(46-27-37-29-48-37)23-25-44-35-19-15-31(16-20-35)43(41-13-7-5-11-39(41)40-12-6-8-14-42(40)43)32-17-21-36(22-18-32)45-26-24-34(10-4-2)47-28-38-30-49-38/h5-8,11-22,33-34,37-38H,3-4,9-10,23-30H2,1-2H3. The third kappa shape index (κ3) is 7.89. The summed E-state index contributed by atoms with van der Waals surface area (Å²) in [5, 5.41) is 0. The van der Waals surface area contributed by atoms with Gasteiger partial charge in [-0.05, 0) is 70.5 Å². The first-order chi connectivity index (χ1) is 24.2. The zero-order valence-electron chi connectivity index (χ0n) is 29.0. The van der Waals surface area contributed by atoms with Crippen molar-refractivity contribution in [2.24, 2.45) is 0 Å². The fourth-order valence-electron chi connectivity index (χ4n) is 7.32. The van der Waals surface area contributed by atoms with Crippen LogP contribution in [0.3, 0.4) is 0 Å². The Hall–Kier alpha value is -3.68. The Bertz CT molecular complexity index is 1500. The molecule has 6 heteroatoms. The van der Waals surface area contributed by atoms with Crippen molar-refractivity contribution in [3.8, 4) is 22.6 Å². The van der Waals surface area contributed by atoms with Gasteiger partial charge in [0.15, 0.2) is 0 Å². The van der Waals surface area contributed by atoms with E-state index in [4.69, 9.17) is 28.4 Å². The number of hydrogen-bond acceptors (Lipinski definition) is 6. The minimum Gasteiger partial charge on any atom is -0.493 e. The first-order valence-electron chi connectivity index (χ1n) is 18.3. The molecule has 0 saturated carbocycles. The Morgan fingerprint density at radius 1 is 0.571 bits per heavy atom. The normalized spacial score (nSPS) is 19.5. The van der Waals surface area contributed by atoms with Crippen LogP contribution < -0.4 is 9.47 Å². The average Bonchev–Trinajstić information content (AvgIpc) is 4.09. The summed E-state index contributed by atoms with van der Waals surface area (Å²) < 4.78 is 35.4. The number of epoxide rings is 2. The summed E-state index contributed by atoms with van der Waals surface area (Å²) in [5.41, 5.74) is 7.07. The number of ether oxygens (including phenoxy) is 6. The summed E-state index contributed by atoms with van der Waals surface area (Å²) in [6, 6.07) is 35.1. The van der Waals surface area contributed by atoms with Gasteiger partial charge in [0.2, 0.25) is 0 Å². The lowest BCUT2D eigenvalue weighted by atomic mass is 9.68. The van der Waals surface area contributed by atoms with Crippen LogP contribution in [0.2, 0.25) is 0 Å². The molecule has 0 bridgehead atoms. The van der Waals surface area contributed by atoms with Crippen molar-refractivity contribution in [1.29, 1.82) is 0 Å². The largest absolute Gasteiger partial charge is 0.493 e. The molecular weight excluding hydrogens is 612 g/mol. The summed E-state index contributed by atoms with van der Waals surface area (Å²) in [6.07, 6.45) is 6.94. The predicted molar refractivity (Wildman–Crippen MR) is 193 cm³/mol. The van der Waals surface area contributed by atoms with Crippen molar-refractivity contribution < 1.29 is 28.4 Å². The average molecular weight is 663 g/mol. The van der Waals surface area contributed by atoms with Crippen molar-refractivity contribution >= 4 is 0 Å². The molecule has 4 atom stereocenters. The molecule has 6 nitrogen and oxygen atoms in total. The minimum absolute atomic E-state index is 0.198. The van der Waals surface area contributed by atoms with Crippen molar-refractivity contribution in [3.63, 3.8) is 0 Å². The van der Waals surface area contributed by atoms with Gasteiger partial charge < -0.3 is 28.4 Å². The highest BCUT2D eigenvalue weighted by atomic mass is 16.6. The molecular formula is C43H50O6. The molecule has 7 rings (SSSR count). The molecule has 2 fully saturated rings. The highest BCUT2D eigenvalue weighted by molar-refractivity contribution is 5.86. The van der Waals surface area contributed by atoms with Gasteiger partial charge >= 0.3 is 0 Å². The second-order valence-electron chi connectivity index (χ2n) is 13.6. The maximum Gasteiger partial charge on any atom is 0.119 e. The van der Waals surface area contributed by atoms with Crippen LogP contribution >= 0.6 is 0 Å². The van der Waals surface area contributed by atoms with Gasteiger partial charge in [0, 0.05) is 12.8 Å². The van der Waals surface area contributed by atoms with Gasteiger partial charge in [0.05, 0.1) is 57.3 Å². The third-order valence-electron chi connectivity index (χ3n) is 10.0. The molecule has 49 heavy (non-hydrogen) atoms. The van der Waals surface area contributed by atoms with Gasteiger partial charge in [-0.3, -0.25) is 0 Å². The number of rotatable bonds is 20. The van der Waals surface area contributed by atoms with Crippen LogP contribution in [0, 0.1) is 0 Å². The van der Waals surface area contributed by atoms with Crippen LogP contribution in [-0.2, 0) is 24.4 Å². The fraction of sp³-hybridized carbons (Fsp3) is 0.442. The van der Waals surface area contributed by atoms with Crippen molar-refractivity contribution in [1.82, 2.24) is 0 Å². The number of hydrogen-bond donors (Lipinski definition) is 0. The van der Waals surface area contributed by atoms with Crippen LogP contribution in [0.1, 0.15) is 74.6 Å². The summed E-state index contributed by atoms with van der Waals surface area (Å²) in [5.74, 6) is 1.75. The zero-order chi connectivity index (χ0) is 33.5. The third-order valence-corrected chi connectivity index (χ3v) is 10.0. The maximum atomic E-state index is 6.27. The SMILES string of the molecule is CCCC(CCOc1ccc(C2(c3ccc(OCCC(CCC)OCC4CO4)cc3)c3ccccc3-c3ccccc32)cc1)OCC1CO1. The fourth-order valence-corrected chi connectivity index (χ4v) is 7.32. The van der Waals surface area contributed by atoms with Gasteiger partial charge in [-0.25, -0.2) is 0 Å². The van der Waals surface area contributed by atoms with E-state index in [-0.39, 0.29) is 24.4 Å². The Labute approximate surface area is 291 Å². The first kappa shape index (κ1) is 33.8. The lowest BCUT2D eigenvalue weighted by Gasteiger charge is -2.34. The molecule has 2 saturated heterocycles. The van der Waals surface area contributed by atoms with Crippen LogP contribution in [0.15, 0.2) is 97.1 Å². The minimum atomic E-state index is -0.472. The van der Waals surface area contributed by atoms with E-state index in [2.05, 4.69) is 111 Å². The zero-order valence-corrected chi connectivity index (χ0v) is 29.0. The molecule has 0 N–H and O–H groups in total. The highest BCUT2D eigenvalue weighted by Crippen LogP contribution is 2.56. The molecule has 0 aromatic heterocycles. The second kappa shape index (κ2) is 15.9. The topological polar surface area (TPSA) is 62.0 Å². The molecule has 4 aromatic carbocycles. The van der Waals surface area contributed by atoms with E-state index in [9.17, 15) is 0 Å². The lowest BCUT2D eigenvalue weighted by molar-refractivity contribution is 0.0234. The number of benzene rings is 4. The van der Waals surface area contributed by atoms with E-state index in [1.54, 1.807) is 0 Å². The van der Waals surface area contributed by atoms with E-state index in [0.29, 0.717) is 26.4 Å². The number of fused-ring (bicyclic) bond motifs is 3. The Morgan fingerprint density at radius 2 is 0.980 bits per heavy atom. The first-order valence-corrected chi connectivity index (χ1v) is 18.3. The second-order valence-corrected chi connectivity index (χ2v) is 13.6. The van der Waals surface area contributed by atoms with Gasteiger partial charge in [0.25, 0.3) is 0 Å². The summed E-state index contributed by atoms with van der Waals surface area (Å²) >= 11 is 0. The molecule has 3 aliphatic rings. The molecule has 4 aromatic rings. The molecule has 0 radical (unpaired) electrons. The molecule has 0 spiro atoms. The van der Waals surface area contributed by atoms with E-state index in [1.807, 2.05) is 0 Å². The van der Waals surface area contributed by atoms with E-state index < -0.39 is 5.41 Å². The summed E-state index contributed by atoms with van der Waals surface area (Å²) in [6.45, 7) is 8.65. The predicted octanol–water partition coefficient (Wildman–Crippen LogP) is 8.76. The summed E-state index contributed by atoms with van der Waals surface area (Å²) in [4.78, 5) is 0. The molecule has 1 aliphatic carbocycles. The van der Waals surface area contributed by atoms with E-state index in [0.717, 1.165) is 63.2 Å². The molecule has 2 aliphatic heterocycles. The van der Waals surface area contributed by atoms with Gasteiger partial charge in [0.1, 0.15) is 23.7 Å². The van der Waals surface area contributed by atoms with Gasteiger partial charge in [-0.1, -0.05) is 99.5 Å². The van der Waals surface area contributed by atoms with Gasteiger partial charge in [-0.15, -0.1) is 0 Å². The lowest BCUT2D eigenvalue weighted by Crippen LogP contribution is -2.28.